The maximum atomic E-state index is 9.96. The summed E-state index contributed by atoms with van der Waals surface area (Å²) >= 11 is 0. The number of aliphatic hydroxyl groups excluding tert-OH is 1. The lowest BCUT2D eigenvalue weighted by Crippen LogP contribution is -2.40. The first-order valence-electron chi connectivity index (χ1n) is 7.21. The van der Waals surface area contributed by atoms with Crippen molar-refractivity contribution >= 4 is 0 Å². The molecule has 0 aromatic heterocycles. The second kappa shape index (κ2) is 6.17. The summed E-state index contributed by atoms with van der Waals surface area (Å²) in [5.74, 6) is 0.769. The molecule has 3 nitrogen and oxygen atoms in total. The van der Waals surface area contributed by atoms with Crippen LogP contribution in [-0.2, 0) is 4.74 Å². The van der Waals surface area contributed by atoms with Crippen LogP contribution in [0.4, 0.5) is 0 Å². The van der Waals surface area contributed by atoms with Crippen LogP contribution in [0.5, 0.6) is 0 Å². The average Bonchev–Trinajstić information content (AvgIpc) is 2.90. The van der Waals surface area contributed by atoms with Crippen molar-refractivity contribution in [1.82, 2.24) is 5.32 Å². The number of nitrogens with one attached hydrogen (secondary N) is 1. The van der Waals surface area contributed by atoms with Crippen molar-refractivity contribution in [3.63, 3.8) is 0 Å². The molecule has 2 N–H and O–H groups in total. The Balaban J connectivity index is 1.57. The molecule has 1 aliphatic heterocycles. The van der Waals surface area contributed by atoms with E-state index in [2.05, 4.69) is 12.2 Å². The minimum atomic E-state index is -0.178. The summed E-state index contributed by atoms with van der Waals surface area (Å²) in [6.07, 6.45) is 8.46. The molecule has 17 heavy (non-hydrogen) atoms. The average molecular weight is 241 g/mol. The largest absolute Gasteiger partial charge is 0.392 e. The molecule has 0 bridgehead atoms. The van der Waals surface area contributed by atoms with Crippen molar-refractivity contribution in [1.29, 1.82) is 0 Å². The van der Waals surface area contributed by atoms with Gasteiger partial charge >= 0.3 is 0 Å². The standard InChI is InChI=1S/C14H27NO2/c1-14(7-4-8-17-14)11-15-10-13(16)9-12-5-2-3-6-12/h12-13,15-16H,2-11H2,1H3. The summed E-state index contributed by atoms with van der Waals surface area (Å²) in [5.41, 5.74) is 0.00702. The summed E-state index contributed by atoms with van der Waals surface area (Å²) in [4.78, 5) is 0. The van der Waals surface area contributed by atoms with Gasteiger partial charge in [0.2, 0.25) is 0 Å². The molecule has 0 aromatic rings. The van der Waals surface area contributed by atoms with E-state index >= 15 is 0 Å². The fourth-order valence-corrected chi connectivity index (χ4v) is 3.19. The van der Waals surface area contributed by atoms with Gasteiger partial charge in [0.1, 0.15) is 0 Å². The van der Waals surface area contributed by atoms with Crippen LogP contribution in [0.2, 0.25) is 0 Å². The zero-order valence-electron chi connectivity index (χ0n) is 11.1. The first-order valence-corrected chi connectivity index (χ1v) is 7.21. The van der Waals surface area contributed by atoms with Crippen LogP contribution in [0.3, 0.4) is 0 Å². The molecule has 0 radical (unpaired) electrons. The minimum absolute atomic E-state index is 0.00702. The van der Waals surface area contributed by atoms with Gasteiger partial charge in [0.25, 0.3) is 0 Å². The highest BCUT2D eigenvalue weighted by Gasteiger charge is 2.29. The molecule has 1 aliphatic carbocycles. The summed E-state index contributed by atoms with van der Waals surface area (Å²) in [6.45, 7) is 4.64. The predicted molar refractivity (Wildman–Crippen MR) is 69.0 cm³/mol. The van der Waals surface area contributed by atoms with Gasteiger partial charge in [0, 0.05) is 19.7 Å². The first kappa shape index (κ1) is 13.3. The van der Waals surface area contributed by atoms with Crippen molar-refractivity contribution in [2.24, 2.45) is 5.92 Å². The van der Waals surface area contributed by atoms with Crippen molar-refractivity contribution in [2.45, 2.75) is 63.6 Å². The Bertz CT molecular complexity index is 220. The van der Waals surface area contributed by atoms with Gasteiger partial charge in [-0.1, -0.05) is 25.7 Å². The fourth-order valence-electron chi connectivity index (χ4n) is 3.19. The lowest BCUT2D eigenvalue weighted by Gasteiger charge is -2.24. The molecule has 1 heterocycles. The number of aliphatic hydroxyl groups is 1. The highest BCUT2D eigenvalue weighted by molar-refractivity contribution is 4.83. The van der Waals surface area contributed by atoms with Gasteiger partial charge < -0.3 is 15.2 Å². The van der Waals surface area contributed by atoms with E-state index in [1.54, 1.807) is 0 Å². The van der Waals surface area contributed by atoms with Crippen molar-refractivity contribution in [3.8, 4) is 0 Å². The predicted octanol–water partition coefficient (Wildman–Crippen LogP) is 2.09. The van der Waals surface area contributed by atoms with Crippen LogP contribution in [0.25, 0.3) is 0 Å². The third-order valence-corrected chi connectivity index (χ3v) is 4.26. The molecule has 2 atom stereocenters. The Morgan fingerprint density at radius 2 is 2.12 bits per heavy atom. The van der Waals surface area contributed by atoms with E-state index in [-0.39, 0.29) is 11.7 Å². The van der Waals surface area contributed by atoms with Gasteiger partial charge in [0.05, 0.1) is 11.7 Å². The molecular formula is C14H27NO2. The quantitative estimate of drug-likeness (QED) is 0.748. The lowest BCUT2D eigenvalue weighted by molar-refractivity contribution is 0.0179. The van der Waals surface area contributed by atoms with E-state index in [1.165, 1.54) is 32.1 Å². The van der Waals surface area contributed by atoms with Crippen molar-refractivity contribution in [2.75, 3.05) is 19.7 Å². The molecular weight excluding hydrogens is 214 g/mol. The summed E-state index contributed by atoms with van der Waals surface area (Å²) in [7, 11) is 0. The maximum absolute atomic E-state index is 9.96. The Labute approximate surface area is 105 Å². The highest BCUT2D eigenvalue weighted by atomic mass is 16.5. The maximum Gasteiger partial charge on any atom is 0.0779 e. The zero-order valence-corrected chi connectivity index (χ0v) is 11.1. The lowest BCUT2D eigenvalue weighted by atomic mass is 9.99. The van der Waals surface area contributed by atoms with Gasteiger partial charge in [-0.25, -0.2) is 0 Å². The Morgan fingerprint density at radius 1 is 1.35 bits per heavy atom. The van der Waals surface area contributed by atoms with Gasteiger partial charge in [-0.3, -0.25) is 0 Å². The molecule has 3 heteroatoms. The SMILES string of the molecule is CC1(CNCC(O)CC2CCCC2)CCCO1. The Morgan fingerprint density at radius 3 is 2.76 bits per heavy atom. The van der Waals surface area contributed by atoms with E-state index in [9.17, 15) is 5.11 Å². The molecule has 0 aromatic carbocycles. The molecule has 0 amide bonds. The Hall–Kier alpha value is -0.120. The van der Waals surface area contributed by atoms with Crippen LogP contribution >= 0.6 is 0 Å². The van der Waals surface area contributed by atoms with Crippen LogP contribution in [0.15, 0.2) is 0 Å². The normalized spacial score (nSPS) is 32.1. The molecule has 2 aliphatic rings. The van der Waals surface area contributed by atoms with Crippen molar-refractivity contribution in [3.05, 3.63) is 0 Å². The zero-order chi connectivity index (χ0) is 12.1. The summed E-state index contributed by atoms with van der Waals surface area (Å²) < 4.78 is 5.71. The van der Waals surface area contributed by atoms with Gasteiger partial charge in [0.15, 0.2) is 0 Å². The molecule has 100 valence electrons. The number of hydrogen-bond donors (Lipinski definition) is 2. The monoisotopic (exact) mass is 241 g/mol. The van der Waals surface area contributed by atoms with E-state index in [0.29, 0.717) is 0 Å². The number of rotatable bonds is 6. The van der Waals surface area contributed by atoms with Gasteiger partial charge in [-0.15, -0.1) is 0 Å². The van der Waals surface area contributed by atoms with Crippen LogP contribution in [0.1, 0.15) is 51.9 Å². The van der Waals surface area contributed by atoms with Gasteiger partial charge in [-0.2, -0.15) is 0 Å². The molecule has 1 saturated carbocycles. The molecule has 2 unspecified atom stereocenters. The summed E-state index contributed by atoms with van der Waals surface area (Å²) in [6, 6.07) is 0. The molecule has 0 spiro atoms. The second-order valence-electron chi connectivity index (χ2n) is 6.07. The van der Waals surface area contributed by atoms with E-state index in [4.69, 9.17) is 4.74 Å². The minimum Gasteiger partial charge on any atom is -0.392 e. The number of hydrogen-bond acceptors (Lipinski definition) is 3. The van der Waals surface area contributed by atoms with E-state index < -0.39 is 0 Å². The summed E-state index contributed by atoms with van der Waals surface area (Å²) in [5, 5.41) is 13.3. The Kier molecular flexibility index (Phi) is 4.83. The van der Waals surface area contributed by atoms with Crippen LogP contribution in [-0.4, -0.2) is 36.5 Å². The topological polar surface area (TPSA) is 41.5 Å². The second-order valence-corrected chi connectivity index (χ2v) is 6.07. The number of ether oxygens (including phenoxy) is 1. The van der Waals surface area contributed by atoms with Crippen molar-refractivity contribution < 1.29 is 9.84 Å². The third kappa shape index (κ3) is 4.23. The smallest absolute Gasteiger partial charge is 0.0779 e. The first-order chi connectivity index (χ1) is 8.18. The van der Waals surface area contributed by atoms with Gasteiger partial charge in [-0.05, 0) is 32.1 Å². The van der Waals surface area contributed by atoms with E-state index in [0.717, 1.165) is 38.5 Å². The third-order valence-electron chi connectivity index (χ3n) is 4.26. The molecule has 2 fully saturated rings. The molecule has 2 rings (SSSR count). The fraction of sp³-hybridized carbons (Fsp3) is 1.00. The highest BCUT2D eigenvalue weighted by Crippen LogP contribution is 2.28. The van der Waals surface area contributed by atoms with E-state index in [1.807, 2.05) is 0 Å². The van der Waals surface area contributed by atoms with Crippen LogP contribution < -0.4 is 5.32 Å². The molecule has 1 saturated heterocycles. The van der Waals surface area contributed by atoms with Crippen LogP contribution in [0, 0.1) is 5.92 Å².